The maximum Gasteiger partial charge on any atom is 0.355 e. The molecule has 4 heteroatoms. The second-order valence-corrected chi connectivity index (χ2v) is 3.90. The standard InChI is InChI=1S/C13H21NO3/c1-5-10-11(7-8-16-4)9(3)14-12(10)13(15)17-6-2/h14H,5-8H2,1-4H3. The second-order valence-electron chi connectivity index (χ2n) is 3.90. The fourth-order valence-electron chi connectivity index (χ4n) is 2.03. The molecule has 4 nitrogen and oxygen atoms in total. The molecule has 0 unspecified atom stereocenters. The van der Waals surface area contributed by atoms with Crippen molar-refractivity contribution >= 4 is 5.97 Å². The molecule has 0 aliphatic carbocycles. The predicted molar refractivity (Wildman–Crippen MR) is 66.4 cm³/mol. The van der Waals surface area contributed by atoms with Crippen molar-refractivity contribution in [3.05, 3.63) is 22.5 Å². The zero-order chi connectivity index (χ0) is 12.8. The molecule has 1 aromatic rings. The van der Waals surface area contributed by atoms with Gasteiger partial charge in [-0.15, -0.1) is 0 Å². The van der Waals surface area contributed by atoms with Gasteiger partial charge in [0.15, 0.2) is 0 Å². The number of carbonyl (C=O) groups excluding carboxylic acids is 1. The van der Waals surface area contributed by atoms with Crippen LogP contribution in [0.3, 0.4) is 0 Å². The summed E-state index contributed by atoms with van der Waals surface area (Å²) in [5.41, 5.74) is 3.86. The Hall–Kier alpha value is -1.29. The first kappa shape index (κ1) is 13.8. The average Bonchev–Trinajstić information content (AvgIpc) is 2.63. The number of aromatic nitrogens is 1. The Bertz CT molecular complexity index is 382. The van der Waals surface area contributed by atoms with Gasteiger partial charge in [-0.1, -0.05) is 6.92 Å². The highest BCUT2D eigenvalue weighted by atomic mass is 16.5. The van der Waals surface area contributed by atoms with Crippen LogP contribution in [0.2, 0.25) is 0 Å². The van der Waals surface area contributed by atoms with Gasteiger partial charge in [0.2, 0.25) is 0 Å². The quantitative estimate of drug-likeness (QED) is 0.775. The first-order chi connectivity index (χ1) is 8.15. The summed E-state index contributed by atoms with van der Waals surface area (Å²) in [7, 11) is 1.68. The van der Waals surface area contributed by atoms with Crippen LogP contribution in [-0.2, 0) is 22.3 Å². The van der Waals surface area contributed by atoms with E-state index in [4.69, 9.17) is 9.47 Å². The number of esters is 1. The van der Waals surface area contributed by atoms with E-state index in [0.29, 0.717) is 18.9 Å². The molecule has 17 heavy (non-hydrogen) atoms. The molecule has 0 bridgehead atoms. The summed E-state index contributed by atoms with van der Waals surface area (Å²) in [4.78, 5) is 14.9. The molecule has 0 fully saturated rings. The lowest BCUT2D eigenvalue weighted by molar-refractivity contribution is 0.0519. The minimum Gasteiger partial charge on any atom is -0.461 e. The van der Waals surface area contributed by atoms with E-state index >= 15 is 0 Å². The molecule has 1 aromatic heterocycles. The summed E-state index contributed by atoms with van der Waals surface area (Å²) in [5.74, 6) is -0.267. The first-order valence-corrected chi connectivity index (χ1v) is 6.02. The minimum absolute atomic E-state index is 0.267. The molecule has 96 valence electrons. The Labute approximate surface area is 102 Å². The molecular weight excluding hydrogens is 218 g/mol. The van der Waals surface area contributed by atoms with E-state index in [2.05, 4.69) is 4.98 Å². The van der Waals surface area contributed by atoms with Gasteiger partial charge in [-0.2, -0.15) is 0 Å². The lowest BCUT2D eigenvalue weighted by Gasteiger charge is -2.05. The molecule has 0 aliphatic rings. The largest absolute Gasteiger partial charge is 0.461 e. The van der Waals surface area contributed by atoms with E-state index in [1.807, 2.05) is 20.8 Å². The zero-order valence-corrected chi connectivity index (χ0v) is 11.1. The number of hydrogen-bond acceptors (Lipinski definition) is 3. The number of aryl methyl sites for hydroxylation is 1. The van der Waals surface area contributed by atoms with Gasteiger partial charge in [0.25, 0.3) is 0 Å². The molecule has 0 aliphatic heterocycles. The second kappa shape index (κ2) is 6.45. The molecule has 0 aromatic carbocycles. The SMILES string of the molecule is CCOC(=O)c1[nH]c(C)c(CCOC)c1CC. The van der Waals surface area contributed by atoms with Crippen molar-refractivity contribution in [1.82, 2.24) is 4.98 Å². The van der Waals surface area contributed by atoms with Gasteiger partial charge in [-0.25, -0.2) is 4.79 Å². The predicted octanol–water partition coefficient (Wildman–Crippen LogP) is 2.25. The Morgan fingerprint density at radius 3 is 2.53 bits per heavy atom. The Kier molecular flexibility index (Phi) is 5.22. The van der Waals surface area contributed by atoms with E-state index < -0.39 is 0 Å². The van der Waals surface area contributed by atoms with Crippen molar-refractivity contribution in [1.29, 1.82) is 0 Å². The summed E-state index contributed by atoms with van der Waals surface area (Å²) in [6, 6.07) is 0. The summed E-state index contributed by atoms with van der Waals surface area (Å²) in [5, 5.41) is 0. The fourth-order valence-corrected chi connectivity index (χ4v) is 2.03. The van der Waals surface area contributed by atoms with E-state index in [1.165, 1.54) is 5.56 Å². The Morgan fingerprint density at radius 2 is 2.00 bits per heavy atom. The normalized spacial score (nSPS) is 10.6. The van der Waals surface area contributed by atoms with E-state index in [1.54, 1.807) is 7.11 Å². The number of H-pyrrole nitrogens is 1. The minimum atomic E-state index is -0.267. The van der Waals surface area contributed by atoms with Crippen LogP contribution in [0.15, 0.2) is 0 Å². The molecule has 1 rings (SSSR count). The van der Waals surface area contributed by atoms with Gasteiger partial charge < -0.3 is 14.5 Å². The molecule has 0 radical (unpaired) electrons. The van der Waals surface area contributed by atoms with Crippen LogP contribution in [0, 0.1) is 6.92 Å². The molecule has 1 N–H and O–H groups in total. The van der Waals surface area contributed by atoms with Crippen LogP contribution in [-0.4, -0.2) is 31.3 Å². The number of carbonyl (C=O) groups is 1. The van der Waals surface area contributed by atoms with Crippen molar-refractivity contribution in [2.24, 2.45) is 0 Å². The molecule has 0 amide bonds. The van der Waals surface area contributed by atoms with E-state index in [0.717, 1.165) is 24.1 Å². The smallest absolute Gasteiger partial charge is 0.355 e. The molecule has 1 heterocycles. The number of methoxy groups -OCH3 is 1. The highest BCUT2D eigenvalue weighted by molar-refractivity contribution is 5.90. The first-order valence-electron chi connectivity index (χ1n) is 6.02. The Morgan fingerprint density at radius 1 is 1.29 bits per heavy atom. The van der Waals surface area contributed by atoms with Crippen LogP contribution in [0.1, 0.15) is 41.2 Å². The maximum absolute atomic E-state index is 11.8. The lowest BCUT2D eigenvalue weighted by atomic mass is 10.0. The van der Waals surface area contributed by atoms with E-state index in [9.17, 15) is 4.79 Å². The number of rotatable bonds is 6. The van der Waals surface area contributed by atoms with Crippen molar-refractivity contribution in [2.75, 3.05) is 20.3 Å². The van der Waals surface area contributed by atoms with Gasteiger partial charge in [0.05, 0.1) is 13.2 Å². The van der Waals surface area contributed by atoms with Gasteiger partial charge in [0, 0.05) is 12.8 Å². The van der Waals surface area contributed by atoms with Crippen molar-refractivity contribution in [2.45, 2.75) is 33.6 Å². The molecule has 0 spiro atoms. The van der Waals surface area contributed by atoms with Gasteiger partial charge >= 0.3 is 5.97 Å². The average molecular weight is 239 g/mol. The summed E-state index contributed by atoms with van der Waals surface area (Å²) in [6.07, 6.45) is 1.64. The van der Waals surface area contributed by atoms with Gasteiger partial charge in [-0.3, -0.25) is 0 Å². The van der Waals surface area contributed by atoms with Gasteiger partial charge in [-0.05, 0) is 37.8 Å². The van der Waals surface area contributed by atoms with Crippen LogP contribution >= 0.6 is 0 Å². The number of ether oxygens (including phenoxy) is 2. The Balaban J connectivity index is 3.02. The fraction of sp³-hybridized carbons (Fsp3) is 0.615. The number of hydrogen-bond donors (Lipinski definition) is 1. The topological polar surface area (TPSA) is 51.3 Å². The van der Waals surface area contributed by atoms with Crippen molar-refractivity contribution in [3.63, 3.8) is 0 Å². The third kappa shape index (κ3) is 3.09. The molecule has 0 saturated heterocycles. The number of nitrogens with one attached hydrogen (secondary N) is 1. The van der Waals surface area contributed by atoms with Crippen LogP contribution in [0.25, 0.3) is 0 Å². The van der Waals surface area contributed by atoms with Crippen molar-refractivity contribution < 1.29 is 14.3 Å². The highest BCUT2D eigenvalue weighted by Gasteiger charge is 2.19. The van der Waals surface area contributed by atoms with Gasteiger partial charge in [0.1, 0.15) is 5.69 Å². The van der Waals surface area contributed by atoms with E-state index in [-0.39, 0.29) is 5.97 Å². The molecule has 0 saturated carbocycles. The van der Waals surface area contributed by atoms with Crippen LogP contribution < -0.4 is 0 Å². The molecular formula is C13H21NO3. The highest BCUT2D eigenvalue weighted by Crippen LogP contribution is 2.21. The summed E-state index contributed by atoms with van der Waals surface area (Å²) in [6.45, 7) is 6.89. The summed E-state index contributed by atoms with van der Waals surface area (Å²) < 4.78 is 10.1. The third-order valence-corrected chi connectivity index (χ3v) is 2.82. The monoisotopic (exact) mass is 239 g/mol. The summed E-state index contributed by atoms with van der Waals surface area (Å²) >= 11 is 0. The molecule has 0 atom stereocenters. The maximum atomic E-state index is 11.8. The third-order valence-electron chi connectivity index (χ3n) is 2.82. The lowest BCUT2D eigenvalue weighted by Crippen LogP contribution is -2.08. The zero-order valence-electron chi connectivity index (χ0n) is 11.1. The van der Waals surface area contributed by atoms with Crippen molar-refractivity contribution in [3.8, 4) is 0 Å². The number of aromatic amines is 1. The van der Waals surface area contributed by atoms with Crippen LogP contribution in [0.4, 0.5) is 0 Å². The van der Waals surface area contributed by atoms with Crippen LogP contribution in [0.5, 0.6) is 0 Å².